The molecule has 1 aromatic heterocycles. The van der Waals surface area contributed by atoms with Crippen molar-refractivity contribution in [1.29, 1.82) is 0 Å². The van der Waals surface area contributed by atoms with Crippen LogP contribution in [0, 0.1) is 6.92 Å². The average molecular weight is 288 g/mol. The summed E-state index contributed by atoms with van der Waals surface area (Å²) in [6, 6.07) is 8.42. The molecule has 2 rings (SSSR count). The van der Waals surface area contributed by atoms with Gasteiger partial charge < -0.3 is 5.11 Å². The lowest BCUT2D eigenvalue weighted by molar-refractivity contribution is 0.204. The smallest absolute Gasteiger partial charge is 0.123 e. The van der Waals surface area contributed by atoms with Gasteiger partial charge in [-0.15, -0.1) is 17.9 Å². The van der Waals surface area contributed by atoms with E-state index >= 15 is 0 Å². The van der Waals surface area contributed by atoms with Crippen molar-refractivity contribution in [2.45, 2.75) is 13.5 Å². The maximum Gasteiger partial charge on any atom is 0.123 e. The zero-order valence-corrected chi connectivity index (χ0v) is 12.6. The molecule has 3 nitrogen and oxygen atoms in total. The van der Waals surface area contributed by atoms with Crippen molar-refractivity contribution in [3.8, 4) is 10.6 Å². The Hall–Kier alpha value is -1.49. The van der Waals surface area contributed by atoms with E-state index in [1.54, 1.807) is 11.3 Å². The summed E-state index contributed by atoms with van der Waals surface area (Å²) in [5, 5.41) is 10.1. The highest BCUT2D eigenvalue weighted by Crippen LogP contribution is 2.26. The van der Waals surface area contributed by atoms with Crippen LogP contribution in [0.1, 0.15) is 10.4 Å². The standard InChI is InChI=1S/C16H20N2OS/c1-3-8-18(9-10-19)12-15-11-17-16(20-15)14-6-4-13(2)5-7-14/h3-7,11,19H,1,8-10,12H2,2H3. The summed E-state index contributed by atoms with van der Waals surface area (Å²) >= 11 is 1.70. The van der Waals surface area contributed by atoms with Gasteiger partial charge in [0.1, 0.15) is 5.01 Å². The molecule has 1 N–H and O–H groups in total. The summed E-state index contributed by atoms with van der Waals surface area (Å²) in [6.45, 7) is 8.23. The lowest BCUT2D eigenvalue weighted by Crippen LogP contribution is -2.26. The lowest BCUT2D eigenvalue weighted by atomic mass is 10.2. The van der Waals surface area contributed by atoms with Gasteiger partial charge in [0, 0.05) is 36.3 Å². The number of benzene rings is 1. The monoisotopic (exact) mass is 288 g/mol. The fourth-order valence-electron chi connectivity index (χ4n) is 1.99. The van der Waals surface area contributed by atoms with Crippen LogP contribution in [0.3, 0.4) is 0 Å². The maximum atomic E-state index is 9.06. The second-order valence-electron chi connectivity index (χ2n) is 4.75. The Morgan fingerprint density at radius 1 is 1.35 bits per heavy atom. The molecule has 0 aliphatic heterocycles. The highest BCUT2D eigenvalue weighted by molar-refractivity contribution is 7.15. The SMILES string of the molecule is C=CCN(CCO)Cc1cnc(-c2ccc(C)cc2)s1. The minimum absolute atomic E-state index is 0.164. The Bertz CT molecular complexity index is 548. The largest absolute Gasteiger partial charge is 0.395 e. The first kappa shape index (κ1) is 14.9. The van der Waals surface area contributed by atoms with Crippen LogP contribution < -0.4 is 0 Å². The molecule has 0 fully saturated rings. The first-order valence-corrected chi connectivity index (χ1v) is 7.50. The molecule has 1 aromatic carbocycles. The molecular formula is C16H20N2OS. The van der Waals surface area contributed by atoms with Gasteiger partial charge in [0.05, 0.1) is 6.61 Å². The van der Waals surface area contributed by atoms with Gasteiger partial charge in [-0.05, 0) is 6.92 Å². The predicted molar refractivity (Wildman–Crippen MR) is 84.8 cm³/mol. The van der Waals surface area contributed by atoms with Crippen molar-refractivity contribution >= 4 is 11.3 Å². The van der Waals surface area contributed by atoms with E-state index in [4.69, 9.17) is 5.11 Å². The van der Waals surface area contributed by atoms with Gasteiger partial charge in [-0.3, -0.25) is 4.90 Å². The second kappa shape index (κ2) is 7.33. The van der Waals surface area contributed by atoms with E-state index < -0.39 is 0 Å². The molecule has 0 radical (unpaired) electrons. The van der Waals surface area contributed by atoms with Gasteiger partial charge in [-0.1, -0.05) is 35.9 Å². The normalized spacial score (nSPS) is 10.9. The molecule has 0 unspecified atom stereocenters. The van der Waals surface area contributed by atoms with Crippen LogP contribution in [-0.2, 0) is 6.54 Å². The van der Waals surface area contributed by atoms with E-state index in [1.807, 2.05) is 12.3 Å². The summed E-state index contributed by atoms with van der Waals surface area (Å²) in [7, 11) is 0. The minimum Gasteiger partial charge on any atom is -0.395 e. The van der Waals surface area contributed by atoms with Crippen molar-refractivity contribution in [3.05, 3.63) is 53.6 Å². The number of aryl methyl sites for hydroxylation is 1. The Labute approximate surface area is 124 Å². The van der Waals surface area contributed by atoms with Crippen molar-refractivity contribution in [1.82, 2.24) is 9.88 Å². The molecule has 0 bridgehead atoms. The third-order valence-corrected chi connectivity index (χ3v) is 4.07. The number of aromatic nitrogens is 1. The van der Waals surface area contributed by atoms with Gasteiger partial charge in [0.25, 0.3) is 0 Å². The first-order valence-electron chi connectivity index (χ1n) is 6.69. The van der Waals surface area contributed by atoms with Crippen LogP contribution in [0.4, 0.5) is 0 Å². The number of hydrogen-bond acceptors (Lipinski definition) is 4. The first-order chi connectivity index (χ1) is 9.72. The Balaban J connectivity index is 2.08. The Morgan fingerprint density at radius 3 is 2.75 bits per heavy atom. The zero-order chi connectivity index (χ0) is 14.4. The fraction of sp³-hybridized carbons (Fsp3) is 0.312. The highest BCUT2D eigenvalue weighted by Gasteiger charge is 2.08. The number of aliphatic hydroxyl groups is 1. The van der Waals surface area contributed by atoms with Crippen LogP contribution in [0.15, 0.2) is 43.1 Å². The van der Waals surface area contributed by atoms with E-state index in [0.717, 1.165) is 23.7 Å². The van der Waals surface area contributed by atoms with Crippen LogP contribution >= 0.6 is 11.3 Å². The Kier molecular flexibility index (Phi) is 5.47. The molecule has 20 heavy (non-hydrogen) atoms. The third-order valence-electron chi connectivity index (χ3n) is 3.04. The molecule has 1 heterocycles. The summed E-state index contributed by atoms with van der Waals surface area (Å²) in [5.41, 5.74) is 2.41. The Morgan fingerprint density at radius 2 is 2.10 bits per heavy atom. The molecule has 0 saturated carbocycles. The van der Waals surface area contributed by atoms with Gasteiger partial charge in [-0.2, -0.15) is 0 Å². The molecule has 0 aliphatic rings. The van der Waals surface area contributed by atoms with Crippen molar-refractivity contribution in [2.75, 3.05) is 19.7 Å². The van der Waals surface area contributed by atoms with E-state index in [9.17, 15) is 0 Å². The molecule has 0 atom stereocenters. The van der Waals surface area contributed by atoms with E-state index in [1.165, 1.54) is 10.4 Å². The number of aliphatic hydroxyl groups excluding tert-OH is 1. The number of rotatable bonds is 7. The molecule has 0 aliphatic carbocycles. The van der Waals surface area contributed by atoms with Crippen LogP contribution in [0.25, 0.3) is 10.6 Å². The topological polar surface area (TPSA) is 36.4 Å². The average Bonchev–Trinajstić information content (AvgIpc) is 2.89. The van der Waals surface area contributed by atoms with Gasteiger partial charge in [0.15, 0.2) is 0 Å². The lowest BCUT2D eigenvalue weighted by Gasteiger charge is -2.17. The molecule has 2 aromatic rings. The molecule has 106 valence electrons. The summed E-state index contributed by atoms with van der Waals surface area (Å²) < 4.78 is 0. The number of nitrogens with zero attached hydrogens (tertiary/aromatic N) is 2. The summed E-state index contributed by atoms with van der Waals surface area (Å²) in [6.07, 6.45) is 3.78. The van der Waals surface area contributed by atoms with Crippen LogP contribution in [0.2, 0.25) is 0 Å². The van der Waals surface area contributed by atoms with Gasteiger partial charge in [0.2, 0.25) is 0 Å². The zero-order valence-electron chi connectivity index (χ0n) is 11.7. The molecular weight excluding hydrogens is 268 g/mol. The maximum absolute atomic E-state index is 9.06. The molecule has 0 saturated heterocycles. The summed E-state index contributed by atoms with van der Waals surface area (Å²) in [4.78, 5) is 7.85. The minimum atomic E-state index is 0.164. The number of hydrogen-bond donors (Lipinski definition) is 1. The quantitative estimate of drug-likeness (QED) is 0.795. The van der Waals surface area contributed by atoms with Crippen LogP contribution in [-0.4, -0.2) is 34.7 Å². The molecule has 4 heteroatoms. The van der Waals surface area contributed by atoms with Gasteiger partial charge >= 0.3 is 0 Å². The van der Waals surface area contributed by atoms with Crippen molar-refractivity contribution in [3.63, 3.8) is 0 Å². The van der Waals surface area contributed by atoms with E-state index in [2.05, 4.69) is 47.7 Å². The van der Waals surface area contributed by atoms with Gasteiger partial charge in [-0.25, -0.2) is 4.98 Å². The fourth-order valence-corrected chi connectivity index (χ4v) is 2.95. The summed E-state index contributed by atoms with van der Waals surface area (Å²) in [5.74, 6) is 0. The van der Waals surface area contributed by atoms with Crippen molar-refractivity contribution < 1.29 is 5.11 Å². The van der Waals surface area contributed by atoms with E-state index in [0.29, 0.717) is 6.54 Å². The number of thiazole rings is 1. The predicted octanol–water partition coefficient (Wildman–Crippen LogP) is 3.10. The van der Waals surface area contributed by atoms with Crippen LogP contribution in [0.5, 0.6) is 0 Å². The third kappa shape index (κ3) is 4.00. The molecule has 0 amide bonds. The highest BCUT2D eigenvalue weighted by atomic mass is 32.1. The van der Waals surface area contributed by atoms with Crippen molar-refractivity contribution in [2.24, 2.45) is 0 Å². The second-order valence-corrected chi connectivity index (χ2v) is 5.86. The molecule has 0 spiro atoms. The van der Waals surface area contributed by atoms with E-state index in [-0.39, 0.29) is 6.61 Å².